The van der Waals surface area contributed by atoms with Gasteiger partial charge in [0.2, 0.25) is 0 Å². The van der Waals surface area contributed by atoms with Crippen LogP contribution >= 0.6 is 0 Å². The largest absolute Gasteiger partial charge is 0.332 e. The van der Waals surface area contributed by atoms with Crippen molar-refractivity contribution in [3.05, 3.63) is 17.7 Å². The van der Waals surface area contributed by atoms with Crippen LogP contribution in [0.1, 0.15) is 63.0 Å². The van der Waals surface area contributed by atoms with E-state index in [4.69, 9.17) is 4.98 Å². The van der Waals surface area contributed by atoms with Crippen LogP contribution in [0, 0.1) is 0 Å². The van der Waals surface area contributed by atoms with E-state index in [0.717, 1.165) is 0 Å². The van der Waals surface area contributed by atoms with E-state index >= 15 is 0 Å². The predicted octanol–water partition coefficient (Wildman–Crippen LogP) is 2.98. The van der Waals surface area contributed by atoms with Crippen LogP contribution in [0.4, 0.5) is 0 Å². The Morgan fingerprint density at radius 3 is 3.00 bits per heavy atom. The molecule has 0 N–H and O–H groups in total. The number of hydrogen-bond donors (Lipinski definition) is 0. The zero-order chi connectivity index (χ0) is 12.5. The molecule has 0 amide bonds. The third-order valence-electron chi connectivity index (χ3n) is 4.70. The van der Waals surface area contributed by atoms with Crippen molar-refractivity contribution in [3.8, 4) is 0 Å². The Kier molecular flexibility index (Phi) is 3.42. The van der Waals surface area contributed by atoms with Gasteiger partial charge in [0, 0.05) is 31.1 Å². The van der Waals surface area contributed by atoms with E-state index < -0.39 is 0 Å². The molecule has 2 atom stereocenters. The van der Waals surface area contributed by atoms with Crippen LogP contribution in [-0.2, 0) is 6.42 Å². The van der Waals surface area contributed by atoms with Crippen molar-refractivity contribution in [2.75, 3.05) is 19.6 Å². The van der Waals surface area contributed by atoms with E-state index in [2.05, 4.69) is 29.5 Å². The van der Waals surface area contributed by atoms with E-state index in [1.54, 1.807) is 0 Å². The summed E-state index contributed by atoms with van der Waals surface area (Å²) < 4.78 is 2.43. The summed E-state index contributed by atoms with van der Waals surface area (Å²) in [6.07, 6.45) is 8.80. The topological polar surface area (TPSA) is 21.1 Å². The normalized spacial score (nSPS) is 29.2. The Bertz CT molecular complexity index is 410. The lowest BCUT2D eigenvalue weighted by Crippen LogP contribution is -2.34. The van der Waals surface area contributed by atoms with Gasteiger partial charge in [-0.3, -0.25) is 0 Å². The number of fused-ring (bicyclic) bond motifs is 1. The average molecular weight is 247 g/mol. The van der Waals surface area contributed by atoms with Gasteiger partial charge in [-0.05, 0) is 45.7 Å². The molecule has 100 valence electrons. The third kappa shape index (κ3) is 2.20. The fraction of sp³-hybridized carbons (Fsp3) is 0.800. The van der Waals surface area contributed by atoms with Crippen LogP contribution < -0.4 is 0 Å². The van der Waals surface area contributed by atoms with Crippen LogP contribution in [0.3, 0.4) is 0 Å². The molecule has 3 nitrogen and oxygen atoms in total. The highest BCUT2D eigenvalue weighted by molar-refractivity contribution is 5.13. The van der Waals surface area contributed by atoms with Crippen LogP contribution in [0.2, 0.25) is 0 Å². The summed E-state index contributed by atoms with van der Waals surface area (Å²) in [5.74, 6) is 2.00. The fourth-order valence-electron chi connectivity index (χ4n) is 3.49. The molecular formula is C15H25N3. The lowest BCUT2D eigenvalue weighted by Gasteiger charge is -2.30. The van der Waals surface area contributed by atoms with Crippen molar-refractivity contribution in [2.24, 2.45) is 0 Å². The molecule has 0 saturated carbocycles. The molecule has 3 heterocycles. The van der Waals surface area contributed by atoms with Gasteiger partial charge in [-0.15, -0.1) is 0 Å². The lowest BCUT2D eigenvalue weighted by molar-refractivity contribution is 0.216. The quantitative estimate of drug-likeness (QED) is 0.801. The monoisotopic (exact) mass is 247 g/mol. The predicted molar refractivity (Wildman–Crippen MR) is 74.0 cm³/mol. The Morgan fingerprint density at radius 1 is 1.33 bits per heavy atom. The van der Waals surface area contributed by atoms with Crippen molar-refractivity contribution in [2.45, 2.75) is 57.9 Å². The van der Waals surface area contributed by atoms with Gasteiger partial charge in [-0.1, -0.05) is 6.92 Å². The molecule has 0 bridgehead atoms. The van der Waals surface area contributed by atoms with Gasteiger partial charge in [-0.25, -0.2) is 4.98 Å². The first kappa shape index (κ1) is 12.2. The molecule has 3 rings (SSSR count). The molecule has 1 aromatic rings. The minimum atomic E-state index is 0.654. The van der Waals surface area contributed by atoms with Crippen LogP contribution in [0.15, 0.2) is 6.20 Å². The van der Waals surface area contributed by atoms with Crippen LogP contribution in [0.25, 0.3) is 0 Å². The molecule has 1 aromatic heterocycles. The van der Waals surface area contributed by atoms with Crippen molar-refractivity contribution in [3.63, 3.8) is 0 Å². The molecule has 3 heteroatoms. The molecule has 0 aromatic carbocycles. The van der Waals surface area contributed by atoms with Crippen LogP contribution in [0.5, 0.6) is 0 Å². The van der Waals surface area contributed by atoms with E-state index in [-0.39, 0.29) is 0 Å². The standard InChI is InChI=1S/C15H25N3/c1-3-17-9-5-7-13(10-17)14-11-18-12(2)6-4-8-15(18)16-14/h11-13H,3-10H2,1-2H3. The minimum absolute atomic E-state index is 0.654. The molecule has 18 heavy (non-hydrogen) atoms. The van der Waals surface area contributed by atoms with Crippen molar-refractivity contribution >= 4 is 0 Å². The molecule has 0 aliphatic carbocycles. The summed E-state index contributed by atoms with van der Waals surface area (Å²) in [6, 6.07) is 0.654. The molecule has 2 unspecified atom stereocenters. The van der Waals surface area contributed by atoms with Crippen molar-refractivity contribution in [1.82, 2.24) is 14.5 Å². The smallest absolute Gasteiger partial charge is 0.109 e. The SMILES string of the molecule is CCN1CCCC(c2cn3c(n2)CCCC3C)C1. The summed E-state index contributed by atoms with van der Waals surface area (Å²) >= 11 is 0. The number of rotatable bonds is 2. The van der Waals surface area contributed by atoms with Crippen molar-refractivity contribution in [1.29, 1.82) is 0 Å². The van der Waals surface area contributed by atoms with Gasteiger partial charge < -0.3 is 9.47 Å². The summed E-state index contributed by atoms with van der Waals surface area (Å²) in [4.78, 5) is 7.50. The molecule has 2 aliphatic rings. The number of likely N-dealkylation sites (N-methyl/N-ethyl adjacent to an activating group) is 1. The zero-order valence-electron chi connectivity index (χ0n) is 11.7. The fourth-order valence-corrected chi connectivity index (χ4v) is 3.49. The van der Waals surface area contributed by atoms with E-state index in [0.29, 0.717) is 12.0 Å². The number of aryl methyl sites for hydroxylation is 1. The highest BCUT2D eigenvalue weighted by Gasteiger charge is 2.25. The lowest BCUT2D eigenvalue weighted by atomic mass is 9.95. The van der Waals surface area contributed by atoms with Gasteiger partial charge >= 0.3 is 0 Å². The van der Waals surface area contributed by atoms with Crippen molar-refractivity contribution < 1.29 is 0 Å². The maximum Gasteiger partial charge on any atom is 0.109 e. The number of nitrogens with zero attached hydrogens (tertiary/aromatic N) is 3. The molecule has 1 fully saturated rings. The molecule has 2 aliphatic heterocycles. The Morgan fingerprint density at radius 2 is 2.22 bits per heavy atom. The maximum absolute atomic E-state index is 4.93. The second-order valence-electron chi connectivity index (χ2n) is 5.96. The number of piperidine rings is 1. The summed E-state index contributed by atoms with van der Waals surface area (Å²) in [5, 5.41) is 0. The summed E-state index contributed by atoms with van der Waals surface area (Å²) in [6.45, 7) is 8.26. The second-order valence-corrected chi connectivity index (χ2v) is 5.96. The number of imidazole rings is 1. The first-order valence-corrected chi connectivity index (χ1v) is 7.58. The Balaban J connectivity index is 1.80. The number of likely N-dealkylation sites (tertiary alicyclic amines) is 1. The molecular weight excluding hydrogens is 222 g/mol. The minimum Gasteiger partial charge on any atom is -0.332 e. The second kappa shape index (κ2) is 5.04. The first-order valence-electron chi connectivity index (χ1n) is 7.58. The van der Waals surface area contributed by atoms with E-state index in [1.165, 1.54) is 63.3 Å². The van der Waals surface area contributed by atoms with E-state index in [1.807, 2.05) is 0 Å². The van der Waals surface area contributed by atoms with Gasteiger partial charge in [-0.2, -0.15) is 0 Å². The van der Waals surface area contributed by atoms with Gasteiger partial charge in [0.1, 0.15) is 5.82 Å². The molecule has 0 spiro atoms. The number of aromatic nitrogens is 2. The average Bonchev–Trinajstić information content (AvgIpc) is 2.84. The summed E-state index contributed by atoms with van der Waals surface area (Å²) in [5.41, 5.74) is 1.36. The summed E-state index contributed by atoms with van der Waals surface area (Å²) in [7, 11) is 0. The highest BCUT2D eigenvalue weighted by Crippen LogP contribution is 2.30. The zero-order valence-corrected chi connectivity index (χ0v) is 11.7. The number of hydrogen-bond acceptors (Lipinski definition) is 2. The highest BCUT2D eigenvalue weighted by atomic mass is 15.1. The molecule has 1 saturated heterocycles. The van der Waals surface area contributed by atoms with Crippen LogP contribution in [-0.4, -0.2) is 34.1 Å². The van der Waals surface area contributed by atoms with Gasteiger partial charge in [0.25, 0.3) is 0 Å². The van der Waals surface area contributed by atoms with Gasteiger partial charge in [0.15, 0.2) is 0 Å². The maximum atomic E-state index is 4.93. The molecule has 0 radical (unpaired) electrons. The first-order chi connectivity index (χ1) is 8.78. The Hall–Kier alpha value is -0.830. The van der Waals surface area contributed by atoms with E-state index in [9.17, 15) is 0 Å². The third-order valence-corrected chi connectivity index (χ3v) is 4.70. The van der Waals surface area contributed by atoms with Gasteiger partial charge in [0.05, 0.1) is 5.69 Å². The Labute approximate surface area is 110 Å².